The van der Waals surface area contributed by atoms with Crippen molar-refractivity contribution in [1.82, 2.24) is 0 Å². The summed E-state index contributed by atoms with van der Waals surface area (Å²) in [7, 11) is 0. The van der Waals surface area contributed by atoms with Crippen molar-refractivity contribution in [1.29, 1.82) is 0 Å². The highest BCUT2D eigenvalue weighted by atomic mass is 14.6. The molecule has 0 radical (unpaired) electrons. The van der Waals surface area contributed by atoms with Crippen molar-refractivity contribution in [2.75, 3.05) is 0 Å². The van der Waals surface area contributed by atoms with Crippen LogP contribution in [0.15, 0.2) is 48.5 Å². The zero-order chi connectivity index (χ0) is 22.4. The van der Waals surface area contributed by atoms with Gasteiger partial charge in [0.25, 0.3) is 0 Å². The number of hydrogen-bond donors (Lipinski definition) is 0. The van der Waals surface area contributed by atoms with Gasteiger partial charge in [-0.2, -0.15) is 0 Å². The molecular weight excluding hydrogens is 396 g/mol. The van der Waals surface area contributed by atoms with Gasteiger partial charge in [-0.15, -0.1) is 0 Å². The first kappa shape index (κ1) is 21.9. The first-order valence-corrected chi connectivity index (χ1v) is 14.3. The van der Waals surface area contributed by atoms with Crippen molar-refractivity contribution in [3.63, 3.8) is 0 Å². The zero-order valence-electron chi connectivity index (χ0n) is 21.1. The molecule has 0 aliphatic heterocycles. The summed E-state index contributed by atoms with van der Waals surface area (Å²) in [5, 5.41) is 0. The molecule has 4 aliphatic carbocycles. The molecule has 2 aromatic rings. The SMILES string of the molecule is Cc1ccc(C(c2ccc(C)cc2)(C2CCCC2)C2C3CCCCC3C3CCCCC32)cc1. The van der Waals surface area contributed by atoms with Crippen LogP contribution >= 0.6 is 0 Å². The lowest BCUT2D eigenvalue weighted by Gasteiger charge is -2.51. The standard InChI is InChI=1S/C33H44/c1-23-15-19-26(20-16-23)33(25-9-3-4-10-25,27-21-17-24(2)18-22-27)32-30-13-7-5-11-28(30)29-12-6-8-14-31(29)32/h15-22,25,28-32H,3-14H2,1-2H3. The van der Waals surface area contributed by atoms with E-state index in [1.807, 2.05) is 0 Å². The van der Waals surface area contributed by atoms with Crippen LogP contribution in [0.1, 0.15) is 99.3 Å². The monoisotopic (exact) mass is 440 g/mol. The average molecular weight is 441 g/mol. The number of fused-ring (bicyclic) bond motifs is 3. The summed E-state index contributed by atoms with van der Waals surface area (Å²) in [5.41, 5.74) is 6.32. The molecule has 0 saturated heterocycles. The summed E-state index contributed by atoms with van der Waals surface area (Å²) in [6, 6.07) is 19.9. The van der Waals surface area contributed by atoms with E-state index in [4.69, 9.17) is 0 Å². The molecule has 33 heavy (non-hydrogen) atoms. The van der Waals surface area contributed by atoms with Crippen LogP contribution in [0.2, 0.25) is 0 Å². The number of benzene rings is 2. The van der Waals surface area contributed by atoms with Crippen LogP contribution in [0.25, 0.3) is 0 Å². The minimum absolute atomic E-state index is 0.203. The highest BCUT2D eigenvalue weighted by Crippen LogP contribution is 2.66. The summed E-state index contributed by atoms with van der Waals surface area (Å²) in [6.07, 6.45) is 17.7. The summed E-state index contributed by atoms with van der Waals surface area (Å²) < 4.78 is 0. The molecule has 0 N–H and O–H groups in total. The molecule has 0 spiro atoms. The van der Waals surface area contributed by atoms with Crippen molar-refractivity contribution in [3.8, 4) is 0 Å². The lowest BCUT2D eigenvalue weighted by atomic mass is 9.52. The van der Waals surface area contributed by atoms with Crippen molar-refractivity contribution in [3.05, 3.63) is 70.8 Å². The summed E-state index contributed by atoms with van der Waals surface area (Å²) in [6.45, 7) is 4.52. The van der Waals surface area contributed by atoms with E-state index in [1.54, 1.807) is 11.1 Å². The second-order valence-corrected chi connectivity index (χ2v) is 12.3. The van der Waals surface area contributed by atoms with Gasteiger partial charge in [-0.1, -0.05) is 98.2 Å². The average Bonchev–Trinajstić information content (AvgIpc) is 3.50. The molecule has 0 heteroatoms. The lowest BCUT2D eigenvalue weighted by molar-refractivity contribution is 0.0965. The van der Waals surface area contributed by atoms with Gasteiger partial charge >= 0.3 is 0 Å². The molecule has 0 amide bonds. The van der Waals surface area contributed by atoms with Gasteiger partial charge in [0, 0.05) is 5.41 Å². The van der Waals surface area contributed by atoms with Crippen LogP contribution in [-0.2, 0) is 5.41 Å². The van der Waals surface area contributed by atoms with Crippen molar-refractivity contribution in [2.24, 2.45) is 35.5 Å². The summed E-state index contributed by atoms with van der Waals surface area (Å²) >= 11 is 0. The smallest absolute Gasteiger partial charge is 0.0264 e. The molecule has 6 rings (SSSR count). The van der Waals surface area contributed by atoms with Crippen molar-refractivity contribution < 1.29 is 0 Å². The maximum atomic E-state index is 2.56. The largest absolute Gasteiger partial charge is 0.0590 e. The fourth-order valence-electron chi connectivity index (χ4n) is 9.66. The van der Waals surface area contributed by atoms with E-state index in [2.05, 4.69) is 62.4 Å². The third-order valence-electron chi connectivity index (χ3n) is 10.8. The Kier molecular flexibility index (Phi) is 5.92. The van der Waals surface area contributed by atoms with Crippen molar-refractivity contribution in [2.45, 2.75) is 96.3 Å². The predicted molar refractivity (Wildman–Crippen MR) is 139 cm³/mol. The topological polar surface area (TPSA) is 0 Å². The van der Waals surface area contributed by atoms with Crippen LogP contribution in [0.5, 0.6) is 0 Å². The molecular formula is C33H44. The van der Waals surface area contributed by atoms with Crippen LogP contribution in [0.3, 0.4) is 0 Å². The molecule has 0 nitrogen and oxygen atoms in total. The molecule has 176 valence electrons. The summed E-state index contributed by atoms with van der Waals surface area (Å²) in [5.74, 6) is 5.53. The van der Waals surface area contributed by atoms with E-state index in [9.17, 15) is 0 Å². The Balaban J connectivity index is 1.60. The third-order valence-corrected chi connectivity index (χ3v) is 10.8. The Morgan fingerprint density at radius 3 is 1.27 bits per heavy atom. The van der Waals surface area contributed by atoms with Crippen LogP contribution in [0.4, 0.5) is 0 Å². The molecule has 4 saturated carbocycles. The second-order valence-electron chi connectivity index (χ2n) is 12.3. The van der Waals surface area contributed by atoms with E-state index < -0.39 is 0 Å². The highest BCUT2D eigenvalue weighted by Gasteiger charge is 2.61. The molecule has 4 atom stereocenters. The highest BCUT2D eigenvalue weighted by molar-refractivity contribution is 5.45. The zero-order valence-corrected chi connectivity index (χ0v) is 21.1. The van der Waals surface area contributed by atoms with Gasteiger partial charge in [-0.05, 0) is 99.0 Å². The Morgan fingerprint density at radius 2 is 0.848 bits per heavy atom. The van der Waals surface area contributed by atoms with Gasteiger partial charge in [-0.3, -0.25) is 0 Å². The quantitative estimate of drug-likeness (QED) is 0.445. The Bertz CT molecular complexity index is 862. The van der Waals surface area contributed by atoms with Gasteiger partial charge < -0.3 is 0 Å². The fourth-order valence-corrected chi connectivity index (χ4v) is 9.66. The Labute approximate surface area is 202 Å². The van der Waals surface area contributed by atoms with Gasteiger partial charge in [-0.25, -0.2) is 0 Å². The van der Waals surface area contributed by atoms with Crippen LogP contribution in [-0.4, -0.2) is 0 Å². The first-order chi connectivity index (χ1) is 16.2. The number of hydrogen-bond acceptors (Lipinski definition) is 0. The first-order valence-electron chi connectivity index (χ1n) is 14.3. The molecule has 4 fully saturated rings. The second kappa shape index (κ2) is 8.90. The predicted octanol–water partition coefficient (Wildman–Crippen LogP) is 9.02. The van der Waals surface area contributed by atoms with E-state index in [0.717, 1.165) is 35.5 Å². The molecule has 0 heterocycles. The van der Waals surface area contributed by atoms with Gasteiger partial charge in [0.15, 0.2) is 0 Å². The molecule has 0 bridgehead atoms. The third kappa shape index (κ3) is 3.54. The van der Waals surface area contributed by atoms with Gasteiger partial charge in [0.2, 0.25) is 0 Å². The Hall–Kier alpha value is -1.56. The van der Waals surface area contributed by atoms with E-state index >= 15 is 0 Å². The summed E-state index contributed by atoms with van der Waals surface area (Å²) in [4.78, 5) is 0. The maximum Gasteiger partial charge on any atom is 0.0264 e. The van der Waals surface area contributed by atoms with Crippen molar-refractivity contribution >= 4 is 0 Å². The lowest BCUT2D eigenvalue weighted by Crippen LogP contribution is -2.48. The number of rotatable bonds is 4. The molecule has 0 aromatic heterocycles. The minimum Gasteiger partial charge on any atom is -0.0590 e. The van der Waals surface area contributed by atoms with Crippen LogP contribution in [0, 0.1) is 49.4 Å². The minimum atomic E-state index is 0.203. The van der Waals surface area contributed by atoms with Gasteiger partial charge in [0.1, 0.15) is 0 Å². The van der Waals surface area contributed by atoms with Gasteiger partial charge in [0.05, 0.1) is 0 Å². The molecule has 4 aliphatic rings. The Morgan fingerprint density at radius 1 is 0.485 bits per heavy atom. The van der Waals surface area contributed by atoms with Crippen LogP contribution < -0.4 is 0 Å². The maximum absolute atomic E-state index is 2.56. The fraction of sp³-hybridized carbons (Fsp3) is 0.636. The molecule has 4 unspecified atom stereocenters. The number of aryl methyl sites for hydroxylation is 2. The van der Waals surface area contributed by atoms with E-state index in [-0.39, 0.29) is 5.41 Å². The normalized spacial score (nSPS) is 32.5. The van der Waals surface area contributed by atoms with E-state index in [0.29, 0.717) is 0 Å². The van der Waals surface area contributed by atoms with E-state index in [1.165, 1.54) is 88.2 Å². The molecule has 2 aromatic carbocycles.